The van der Waals surface area contributed by atoms with E-state index in [-0.39, 0.29) is 23.6 Å². The molecular weight excluding hydrogens is 380 g/mol. The molecule has 0 saturated heterocycles. The van der Waals surface area contributed by atoms with Crippen LogP contribution in [0.2, 0.25) is 10.0 Å². The minimum absolute atomic E-state index is 0.0443. The monoisotopic (exact) mass is 391 g/mol. The summed E-state index contributed by atoms with van der Waals surface area (Å²) < 4.78 is 14.1. The van der Waals surface area contributed by atoms with Gasteiger partial charge < -0.3 is 5.32 Å². The Kier molecular flexibility index (Phi) is 5.35. The summed E-state index contributed by atoms with van der Waals surface area (Å²) in [4.78, 5) is 24.3. The lowest BCUT2D eigenvalue weighted by atomic mass is 10.2. The van der Waals surface area contributed by atoms with Crippen LogP contribution in [-0.4, -0.2) is 15.7 Å². The van der Waals surface area contributed by atoms with Crippen LogP contribution in [0.5, 0.6) is 0 Å². The molecule has 8 heteroatoms. The molecule has 0 spiro atoms. The minimum Gasteiger partial charge on any atom is -0.320 e. The van der Waals surface area contributed by atoms with Gasteiger partial charge in [-0.1, -0.05) is 35.3 Å². The second kappa shape index (κ2) is 7.68. The highest BCUT2D eigenvalue weighted by Gasteiger charge is 2.11. The van der Waals surface area contributed by atoms with Gasteiger partial charge in [-0.25, -0.2) is 9.07 Å². The summed E-state index contributed by atoms with van der Waals surface area (Å²) in [5, 5.41) is 7.44. The van der Waals surface area contributed by atoms with Crippen molar-refractivity contribution in [2.45, 2.75) is 6.54 Å². The predicted octanol–water partition coefficient (Wildman–Crippen LogP) is 3.99. The molecule has 0 atom stereocenters. The van der Waals surface area contributed by atoms with Crippen molar-refractivity contribution in [2.24, 2.45) is 0 Å². The maximum Gasteiger partial charge on any atom is 0.276 e. The van der Waals surface area contributed by atoms with E-state index in [1.165, 1.54) is 24.3 Å². The van der Waals surface area contributed by atoms with Gasteiger partial charge in [0.15, 0.2) is 0 Å². The molecule has 5 nitrogen and oxygen atoms in total. The molecule has 1 amide bonds. The van der Waals surface area contributed by atoms with Gasteiger partial charge in [0.25, 0.3) is 11.5 Å². The second-order valence-electron chi connectivity index (χ2n) is 5.45. The van der Waals surface area contributed by atoms with E-state index in [1.54, 1.807) is 30.3 Å². The van der Waals surface area contributed by atoms with Crippen molar-refractivity contribution >= 4 is 34.8 Å². The van der Waals surface area contributed by atoms with E-state index in [9.17, 15) is 14.0 Å². The highest BCUT2D eigenvalue weighted by Crippen LogP contribution is 2.22. The van der Waals surface area contributed by atoms with Gasteiger partial charge in [0.05, 0.1) is 6.54 Å². The van der Waals surface area contributed by atoms with Gasteiger partial charge >= 0.3 is 0 Å². The van der Waals surface area contributed by atoms with Crippen LogP contribution < -0.4 is 10.9 Å². The number of carbonyl (C=O) groups excluding carboxylic acids is 1. The number of nitrogens with one attached hydrogen (secondary N) is 1. The Hall–Kier alpha value is -2.70. The van der Waals surface area contributed by atoms with Crippen LogP contribution in [0.25, 0.3) is 0 Å². The van der Waals surface area contributed by atoms with Crippen molar-refractivity contribution in [2.75, 3.05) is 5.32 Å². The van der Waals surface area contributed by atoms with Gasteiger partial charge in [0, 0.05) is 21.8 Å². The number of rotatable bonds is 4. The maximum atomic E-state index is 13.0. The Morgan fingerprint density at radius 3 is 2.35 bits per heavy atom. The van der Waals surface area contributed by atoms with Crippen LogP contribution in [-0.2, 0) is 6.54 Å². The number of aromatic nitrogens is 2. The topological polar surface area (TPSA) is 64.0 Å². The summed E-state index contributed by atoms with van der Waals surface area (Å²) in [6, 6.07) is 12.9. The Bertz CT molecular complexity index is 999. The molecule has 0 aliphatic carbocycles. The van der Waals surface area contributed by atoms with E-state index in [4.69, 9.17) is 23.2 Å². The number of carbonyl (C=O) groups is 1. The number of anilines is 1. The Morgan fingerprint density at radius 1 is 1.04 bits per heavy atom. The molecule has 132 valence electrons. The molecule has 3 aromatic rings. The number of hydrogen-bond acceptors (Lipinski definition) is 3. The van der Waals surface area contributed by atoms with Crippen LogP contribution in [0.15, 0.2) is 59.4 Å². The molecule has 0 unspecified atom stereocenters. The number of benzene rings is 2. The third-order valence-corrected chi connectivity index (χ3v) is 3.90. The smallest absolute Gasteiger partial charge is 0.276 e. The molecule has 1 N–H and O–H groups in total. The van der Waals surface area contributed by atoms with Crippen LogP contribution in [0.3, 0.4) is 0 Å². The van der Waals surface area contributed by atoms with Crippen LogP contribution in [0.1, 0.15) is 16.1 Å². The average Bonchev–Trinajstić information content (AvgIpc) is 2.58. The quantitative estimate of drug-likeness (QED) is 0.731. The first kappa shape index (κ1) is 18.1. The SMILES string of the molecule is O=C(Nc1cc(Cl)cc(Cl)c1)c1ccc(=O)n(Cc2ccc(F)cc2)n1. The summed E-state index contributed by atoms with van der Waals surface area (Å²) >= 11 is 11.8. The number of halogens is 3. The third kappa shape index (κ3) is 4.47. The zero-order valence-electron chi connectivity index (χ0n) is 13.2. The Morgan fingerprint density at radius 2 is 1.69 bits per heavy atom. The van der Waals surface area contributed by atoms with E-state index in [1.807, 2.05) is 0 Å². The molecule has 0 aliphatic rings. The summed E-state index contributed by atoms with van der Waals surface area (Å²) in [5.74, 6) is -0.890. The lowest BCUT2D eigenvalue weighted by molar-refractivity contribution is 0.102. The van der Waals surface area contributed by atoms with E-state index in [0.717, 1.165) is 4.68 Å². The third-order valence-electron chi connectivity index (χ3n) is 3.47. The highest BCUT2D eigenvalue weighted by atomic mass is 35.5. The lowest BCUT2D eigenvalue weighted by Crippen LogP contribution is -2.26. The van der Waals surface area contributed by atoms with Crippen LogP contribution >= 0.6 is 23.2 Å². The molecule has 1 heterocycles. The van der Waals surface area contributed by atoms with Crippen molar-refractivity contribution in [3.8, 4) is 0 Å². The summed E-state index contributed by atoms with van der Waals surface area (Å²) in [5.41, 5.74) is 0.755. The summed E-state index contributed by atoms with van der Waals surface area (Å²) in [6.45, 7) is 0.114. The first-order valence-corrected chi connectivity index (χ1v) is 8.26. The zero-order chi connectivity index (χ0) is 18.7. The van der Waals surface area contributed by atoms with Crippen molar-refractivity contribution < 1.29 is 9.18 Å². The van der Waals surface area contributed by atoms with E-state index in [0.29, 0.717) is 21.3 Å². The molecule has 26 heavy (non-hydrogen) atoms. The lowest BCUT2D eigenvalue weighted by Gasteiger charge is -2.09. The molecule has 0 saturated carbocycles. The number of amides is 1. The normalized spacial score (nSPS) is 10.6. The predicted molar refractivity (Wildman–Crippen MR) is 98.4 cm³/mol. The first-order chi connectivity index (χ1) is 12.4. The van der Waals surface area contributed by atoms with Crippen molar-refractivity contribution in [3.63, 3.8) is 0 Å². The number of hydrogen-bond donors (Lipinski definition) is 1. The van der Waals surface area contributed by atoms with E-state index < -0.39 is 5.91 Å². The molecule has 0 bridgehead atoms. The first-order valence-electron chi connectivity index (χ1n) is 7.51. The number of nitrogens with zero attached hydrogens (tertiary/aromatic N) is 2. The highest BCUT2D eigenvalue weighted by molar-refractivity contribution is 6.35. The molecule has 0 fully saturated rings. The van der Waals surface area contributed by atoms with Gasteiger partial charge in [-0.15, -0.1) is 0 Å². The Labute approximate surface area is 158 Å². The van der Waals surface area contributed by atoms with Gasteiger partial charge in [0.1, 0.15) is 11.5 Å². The van der Waals surface area contributed by atoms with Crippen LogP contribution in [0, 0.1) is 5.82 Å². The fourth-order valence-electron chi connectivity index (χ4n) is 2.27. The van der Waals surface area contributed by atoms with Crippen molar-refractivity contribution in [1.82, 2.24) is 9.78 Å². The standard InChI is InChI=1S/C18H12Cl2FN3O2/c19-12-7-13(20)9-15(8-12)22-18(26)16-5-6-17(25)24(23-16)10-11-1-3-14(21)4-2-11/h1-9H,10H2,(H,22,26). The maximum absolute atomic E-state index is 13.0. The van der Waals surface area contributed by atoms with Gasteiger partial charge in [-0.05, 0) is 42.0 Å². The van der Waals surface area contributed by atoms with Gasteiger partial charge in [-0.3, -0.25) is 9.59 Å². The fourth-order valence-corrected chi connectivity index (χ4v) is 2.79. The van der Waals surface area contributed by atoms with Crippen LogP contribution in [0.4, 0.5) is 10.1 Å². The summed E-state index contributed by atoms with van der Waals surface area (Å²) in [7, 11) is 0. The zero-order valence-corrected chi connectivity index (χ0v) is 14.8. The van der Waals surface area contributed by atoms with Crippen molar-refractivity contribution in [3.05, 3.63) is 92.1 Å². The second-order valence-corrected chi connectivity index (χ2v) is 6.33. The van der Waals surface area contributed by atoms with Crippen molar-refractivity contribution in [1.29, 1.82) is 0 Å². The molecular formula is C18H12Cl2FN3O2. The average molecular weight is 392 g/mol. The Balaban J connectivity index is 1.83. The van der Waals surface area contributed by atoms with E-state index in [2.05, 4.69) is 10.4 Å². The molecule has 1 aromatic heterocycles. The molecule has 0 radical (unpaired) electrons. The fraction of sp³-hybridized carbons (Fsp3) is 0.0556. The van der Waals surface area contributed by atoms with Gasteiger partial charge in [-0.2, -0.15) is 5.10 Å². The van der Waals surface area contributed by atoms with E-state index >= 15 is 0 Å². The molecule has 3 rings (SSSR count). The summed E-state index contributed by atoms with van der Waals surface area (Å²) in [6.07, 6.45) is 0. The molecule has 2 aromatic carbocycles. The minimum atomic E-state index is -0.517. The largest absolute Gasteiger partial charge is 0.320 e. The molecule has 0 aliphatic heterocycles. The van der Waals surface area contributed by atoms with Gasteiger partial charge in [0.2, 0.25) is 0 Å².